The van der Waals surface area contributed by atoms with Crippen LogP contribution in [0.5, 0.6) is 0 Å². The van der Waals surface area contributed by atoms with E-state index in [1.54, 1.807) is 0 Å². The number of para-hydroxylation sites is 1. The molecule has 1 aliphatic heterocycles. The number of nitrogens with zero attached hydrogens (tertiary/aromatic N) is 5. The summed E-state index contributed by atoms with van der Waals surface area (Å²) in [6.07, 6.45) is 1.96. The molecule has 0 aliphatic carbocycles. The lowest BCUT2D eigenvalue weighted by Crippen LogP contribution is -2.30. The quantitative estimate of drug-likeness (QED) is 0.112. The fraction of sp³-hybridized carbons (Fsp3) is 0.231. The summed E-state index contributed by atoms with van der Waals surface area (Å²) in [5.74, 6) is 0. The molecule has 0 N–H and O–H groups in total. The predicted octanol–water partition coefficient (Wildman–Crippen LogP) is 5.32. The lowest BCUT2D eigenvalue weighted by atomic mass is 9.82. The highest BCUT2D eigenvalue weighted by molar-refractivity contribution is 7.80. The van der Waals surface area contributed by atoms with E-state index in [1.165, 1.54) is 17.0 Å². The molecule has 0 spiro atoms. The Morgan fingerprint density at radius 1 is 0.917 bits per heavy atom. The minimum absolute atomic E-state index is 0.0859. The zero-order chi connectivity index (χ0) is 26.3. The molecule has 3 aromatic rings. The normalized spacial score (nSPS) is 14.6. The monoisotopic (exact) mass is 507 g/mol. The van der Waals surface area contributed by atoms with Crippen molar-refractivity contribution < 1.29 is 21.7 Å². The number of rotatable bonds is 6. The summed E-state index contributed by atoms with van der Waals surface area (Å²) in [6, 6.07) is 26.1. The van der Waals surface area contributed by atoms with Crippen LogP contribution in [0.4, 0.5) is 22.7 Å². The largest absolute Gasteiger partial charge is 0.726 e. The Labute approximate surface area is 212 Å². The van der Waals surface area contributed by atoms with E-state index < -0.39 is 10.4 Å². The lowest BCUT2D eigenvalue weighted by Gasteiger charge is -2.16. The lowest BCUT2D eigenvalue weighted by molar-refractivity contribution is -0.400. The van der Waals surface area contributed by atoms with Crippen molar-refractivity contribution in [1.82, 2.24) is 0 Å². The Morgan fingerprint density at radius 3 is 2.00 bits per heavy atom. The van der Waals surface area contributed by atoms with Gasteiger partial charge in [0.1, 0.15) is 13.3 Å². The first-order valence-corrected chi connectivity index (χ1v) is 12.4. The van der Waals surface area contributed by atoms with Gasteiger partial charge in [-0.2, -0.15) is 19.9 Å². The first-order valence-electron chi connectivity index (χ1n) is 11.1. The molecule has 10 heteroatoms. The topological polar surface area (TPSA) is 110 Å². The van der Waals surface area contributed by atoms with Crippen molar-refractivity contribution in [2.24, 2.45) is 15.3 Å². The van der Waals surface area contributed by atoms with Gasteiger partial charge in [-0.1, -0.05) is 36.4 Å². The van der Waals surface area contributed by atoms with E-state index >= 15 is 0 Å². The molecule has 188 valence electrons. The van der Waals surface area contributed by atoms with Crippen LogP contribution in [0.1, 0.15) is 19.4 Å². The summed E-state index contributed by atoms with van der Waals surface area (Å²) in [5.41, 5.74) is 6.28. The van der Waals surface area contributed by atoms with Gasteiger partial charge in [0.05, 0.1) is 29.6 Å². The highest BCUT2D eigenvalue weighted by atomic mass is 32.3. The van der Waals surface area contributed by atoms with E-state index in [2.05, 4.69) is 64.1 Å². The third-order valence-electron chi connectivity index (χ3n) is 5.76. The summed E-state index contributed by atoms with van der Waals surface area (Å²) in [7, 11) is 0.446. The van der Waals surface area contributed by atoms with Gasteiger partial charge in [0.2, 0.25) is 21.8 Å². The fourth-order valence-corrected chi connectivity index (χ4v) is 3.78. The van der Waals surface area contributed by atoms with Gasteiger partial charge in [0, 0.05) is 18.7 Å². The van der Waals surface area contributed by atoms with Gasteiger partial charge in [-0.3, -0.25) is 9.19 Å². The second-order valence-corrected chi connectivity index (χ2v) is 9.63. The van der Waals surface area contributed by atoms with Crippen molar-refractivity contribution >= 4 is 45.1 Å². The summed E-state index contributed by atoms with van der Waals surface area (Å²) in [6.45, 7) is 4.48. The van der Waals surface area contributed by atoms with Gasteiger partial charge >= 0.3 is 0 Å². The van der Waals surface area contributed by atoms with Crippen LogP contribution in [-0.2, 0) is 20.0 Å². The van der Waals surface area contributed by atoms with E-state index in [-0.39, 0.29) is 5.41 Å². The number of azo groups is 1. The minimum Gasteiger partial charge on any atom is -0.726 e. The van der Waals surface area contributed by atoms with Gasteiger partial charge in [0.15, 0.2) is 0 Å². The first kappa shape index (κ1) is 26.9. The van der Waals surface area contributed by atoms with Gasteiger partial charge in [-0.15, -0.1) is 0 Å². The second-order valence-electron chi connectivity index (χ2n) is 8.48. The summed E-state index contributed by atoms with van der Waals surface area (Å²) in [4.78, 5) is 0. The number of benzene rings is 3. The highest BCUT2D eigenvalue weighted by Crippen LogP contribution is 2.38. The molecule has 0 amide bonds. The van der Waals surface area contributed by atoms with Crippen LogP contribution in [0.2, 0.25) is 0 Å². The summed E-state index contributed by atoms with van der Waals surface area (Å²) >= 11 is 0. The number of hydrogen-bond donors (Lipinski definition) is 0. The summed E-state index contributed by atoms with van der Waals surface area (Å²) in [5, 5.41) is 15.1. The molecular formula is C26H29N5O4S. The molecule has 0 unspecified atom stereocenters. The molecule has 4 rings (SSSR count). The molecule has 0 atom stereocenters. The van der Waals surface area contributed by atoms with Gasteiger partial charge in [0.25, 0.3) is 0 Å². The minimum atomic E-state index is -4.41. The highest BCUT2D eigenvalue weighted by Gasteiger charge is 2.43. The van der Waals surface area contributed by atoms with E-state index in [0.717, 1.165) is 24.2 Å². The van der Waals surface area contributed by atoms with E-state index in [1.807, 2.05) is 72.9 Å². The molecular weight excluding hydrogens is 478 g/mol. The number of hydrogen-bond acceptors (Lipinski definition) is 8. The molecule has 0 saturated heterocycles. The van der Waals surface area contributed by atoms with Crippen molar-refractivity contribution in [2.75, 3.05) is 26.2 Å². The zero-order valence-electron chi connectivity index (χ0n) is 20.9. The van der Waals surface area contributed by atoms with Crippen LogP contribution in [0.25, 0.3) is 0 Å². The van der Waals surface area contributed by atoms with Crippen LogP contribution >= 0.6 is 0 Å². The summed E-state index contributed by atoms with van der Waals surface area (Å²) < 4.78 is 33.2. The molecule has 9 nitrogen and oxygen atoms in total. The van der Waals surface area contributed by atoms with Gasteiger partial charge in [-0.25, -0.2) is 8.42 Å². The average Bonchev–Trinajstić information content (AvgIpc) is 3.07. The molecule has 0 saturated carbocycles. The maximum atomic E-state index is 9.22. The van der Waals surface area contributed by atoms with E-state index in [0.29, 0.717) is 0 Å². The average molecular weight is 508 g/mol. The van der Waals surface area contributed by atoms with Crippen molar-refractivity contribution in [1.29, 1.82) is 0 Å². The fourth-order valence-electron chi connectivity index (χ4n) is 3.78. The molecule has 0 fully saturated rings. The number of fused-ring (bicyclic) bond motifs is 1. The van der Waals surface area contributed by atoms with Crippen LogP contribution in [0, 0.1) is 0 Å². The standard InChI is InChI=1S/C25H26N5.CH4O4S/c1-25(2)22-12-8-9-13-23(22)29(3)24(25)18-26-30(4)21-16-14-20(15-17-21)28-27-19-10-6-5-7-11-19;1-5-6(2,3)4/h5-18H,1-4H3;1H3,(H,2,3,4)/q+1;/p-1. The van der Waals surface area contributed by atoms with Crippen LogP contribution in [0.15, 0.2) is 94.2 Å². The van der Waals surface area contributed by atoms with Crippen molar-refractivity contribution in [3.05, 3.63) is 84.4 Å². The van der Waals surface area contributed by atoms with Crippen LogP contribution < -0.4 is 5.01 Å². The Kier molecular flexibility index (Phi) is 8.46. The van der Waals surface area contributed by atoms with Crippen molar-refractivity contribution in [3.8, 4) is 0 Å². The second kappa shape index (κ2) is 11.3. The molecule has 0 radical (unpaired) electrons. The van der Waals surface area contributed by atoms with E-state index in [9.17, 15) is 13.0 Å². The molecule has 36 heavy (non-hydrogen) atoms. The molecule has 0 bridgehead atoms. The van der Waals surface area contributed by atoms with Crippen molar-refractivity contribution in [3.63, 3.8) is 0 Å². The molecule has 0 aromatic heterocycles. The number of anilines is 1. The van der Waals surface area contributed by atoms with Gasteiger partial charge < -0.3 is 4.55 Å². The SMILES string of the molecule is CN(/N=C/C1=[N+](C)c2ccccc2C1(C)C)c1ccc(N=Nc2ccccc2)cc1.COS(=O)(=O)[O-]. The molecule has 1 aliphatic rings. The smallest absolute Gasteiger partial charge is 0.217 e. The molecule has 3 aromatic carbocycles. The maximum absolute atomic E-state index is 9.22. The van der Waals surface area contributed by atoms with E-state index in [4.69, 9.17) is 5.10 Å². The first-order chi connectivity index (χ1) is 17.0. The Bertz CT molecular complexity index is 1380. The third-order valence-corrected chi connectivity index (χ3v) is 6.17. The van der Waals surface area contributed by atoms with Crippen LogP contribution in [0.3, 0.4) is 0 Å². The Hall–Kier alpha value is -3.73. The third kappa shape index (κ3) is 6.69. The Balaban J connectivity index is 0.000000538. The van der Waals surface area contributed by atoms with Crippen molar-refractivity contribution in [2.45, 2.75) is 19.3 Å². The van der Waals surface area contributed by atoms with Gasteiger partial charge in [-0.05, 0) is 50.2 Å². The zero-order valence-corrected chi connectivity index (χ0v) is 21.7. The Morgan fingerprint density at radius 2 is 1.44 bits per heavy atom. The number of hydrazone groups is 1. The van der Waals surface area contributed by atoms with Crippen LogP contribution in [-0.4, -0.2) is 50.7 Å². The molecule has 1 heterocycles. The maximum Gasteiger partial charge on any atom is 0.217 e. The predicted molar refractivity (Wildman–Crippen MR) is 141 cm³/mol.